The fraction of sp³-hybridized carbons (Fsp3) is 0.344. The van der Waals surface area contributed by atoms with E-state index in [0.717, 1.165) is 5.56 Å². The highest BCUT2D eigenvalue weighted by atomic mass is 19.1. The molecule has 0 bridgehead atoms. The minimum absolute atomic E-state index is 0.0757. The van der Waals surface area contributed by atoms with E-state index in [-0.39, 0.29) is 37.2 Å². The normalized spacial score (nSPS) is 16.5. The molecule has 216 valence electrons. The summed E-state index contributed by atoms with van der Waals surface area (Å²) >= 11 is 0. The molecule has 1 saturated heterocycles. The molecule has 2 atom stereocenters. The van der Waals surface area contributed by atoms with E-state index in [1.54, 1.807) is 41.3 Å². The molecule has 9 heteroatoms. The van der Waals surface area contributed by atoms with E-state index in [1.807, 2.05) is 31.2 Å². The maximum Gasteiger partial charge on any atom is 0.406 e. The van der Waals surface area contributed by atoms with Crippen LogP contribution in [0, 0.1) is 24.1 Å². The molecule has 2 amide bonds. The number of nitrogen functional groups attached to an aromatic ring is 1. The summed E-state index contributed by atoms with van der Waals surface area (Å²) in [6.45, 7) is 3.00. The number of benzene rings is 3. The first-order valence-corrected chi connectivity index (χ1v) is 13.8. The van der Waals surface area contributed by atoms with E-state index in [9.17, 15) is 14.7 Å². The molecule has 4 rings (SSSR count). The highest BCUT2D eigenvalue weighted by Gasteiger charge is 2.43. The van der Waals surface area contributed by atoms with Crippen molar-refractivity contribution in [3.63, 3.8) is 0 Å². The first kappa shape index (κ1) is 29.7. The molecular weight excluding hydrogens is 523 g/mol. The van der Waals surface area contributed by atoms with Gasteiger partial charge in [0.2, 0.25) is 0 Å². The highest BCUT2D eigenvalue weighted by molar-refractivity contribution is 5.98. The van der Waals surface area contributed by atoms with Crippen molar-refractivity contribution in [3.05, 3.63) is 94.8 Å². The van der Waals surface area contributed by atoms with Gasteiger partial charge in [-0.1, -0.05) is 54.1 Å². The number of nitrogens with two attached hydrogens (primary N) is 1. The van der Waals surface area contributed by atoms with Crippen LogP contribution >= 0.6 is 0 Å². The molecule has 1 fully saturated rings. The summed E-state index contributed by atoms with van der Waals surface area (Å²) in [5.74, 6) is -1.08. The minimum Gasteiger partial charge on any atom is -0.453 e. The lowest BCUT2D eigenvalue weighted by Gasteiger charge is -2.43. The van der Waals surface area contributed by atoms with Gasteiger partial charge in [-0.2, -0.15) is 0 Å². The van der Waals surface area contributed by atoms with Crippen molar-refractivity contribution in [1.29, 1.82) is 5.41 Å². The van der Waals surface area contributed by atoms with Gasteiger partial charge in [-0.05, 0) is 61.9 Å². The number of piperidine rings is 1. The Balaban J connectivity index is 1.69. The lowest BCUT2D eigenvalue weighted by atomic mass is 9.72. The third-order valence-electron chi connectivity index (χ3n) is 7.80. The van der Waals surface area contributed by atoms with E-state index < -0.39 is 17.5 Å². The number of amidine groups is 1. The van der Waals surface area contributed by atoms with Gasteiger partial charge in [-0.3, -0.25) is 10.2 Å². The molecule has 41 heavy (non-hydrogen) atoms. The Morgan fingerprint density at radius 2 is 1.85 bits per heavy atom. The molecule has 5 N–H and O–H groups in total. The van der Waals surface area contributed by atoms with Crippen LogP contribution in [-0.2, 0) is 10.3 Å². The van der Waals surface area contributed by atoms with Crippen LogP contribution in [0.15, 0.2) is 66.7 Å². The minimum atomic E-state index is -1.49. The zero-order valence-electron chi connectivity index (χ0n) is 23.5. The molecule has 0 saturated carbocycles. The number of carbonyl (C=O) groups excluding carboxylic acids is 2. The number of nitrogens with one attached hydrogen (secondary N) is 2. The SMILES string of the molecule is COC(=O)NCCC[C@@](O)(c1cccc(F)c1-c1cccc(C)c1)[C@@H]1CCCN(C(=O)c2ccc(C(=N)N)cc2)C1. The summed E-state index contributed by atoms with van der Waals surface area (Å²) in [5.41, 5.74) is 7.49. The summed E-state index contributed by atoms with van der Waals surface area (Å²) in [7, 11) is 1.29. The van der Waals surface area contributed by atoms with Crippen LogP contribution in [0.25, 0.3) is 11.1 Å². The summed E-state index contributed by atoms with van der Waals surface area (Å²) in [6.07, 6.45) is 1.38. The Morgan fingerprint density at radius 1 is 1.15 bits per heavy atom. The number of nitrogens with zero attached hydrogens (tertiary/aromatic N) is 1. The van der Waals surface area contributed by atoms with E-state index in [2.05, 4.69) is 10.1 Å². The molecule has 1 aliphatic heterocycles. The third kappa shape index (κ3) is 6.74. The van der Waals surface area contributed by atoms with Crippen LogP contribution in [0.4, 0.5) is 9.18 Å². The molecule has 3 aromatic carbocycles. The fourth-order valence-corrected chi connectivity index (χ4v) is 5.68. The quantitative estimate of drug-likeness (QED) is 0.167. The van der Waals surface area contributed by atoms with Gasteiger partial charge in [-0.15, -0.1) is 0 Å². The van der Waals surface area contributed by atoms with Crippen molar-refractivity contribution in [2.75, 3.05) is 26.7 Å². The zero-order valence-corrected chi connectivity index (χ0v) is 23.5. The van der Waals surface area contributed by atoms with Crippen LogP contribution in [0.1, 0.15) is 52.7 Å². The van der Waals surface area contributed by atoms with E-state index >= 15 is 4.39 Å². The topological polar surface area (TPSA) is 129 Å². The van der Waals surface area contributed by atoms with Crippen molar-refractivity contribution in [3.8, 4) is 11.1 Å². The van der Waals surface area contributed by atoms with Crippen LogP contribution in [0.5, 0.6) is 0 Å². The Hall–Kier alpha value is -4.24. The first-order chi connectivity index (χ1) is 19.6. The Bertz CT molecular complexity index is 1410. The average molecular weight is 561 g/mol. The van der Waals surface area contributed by atoms with Gasteiger partial charge in [0.1, 0.15) is 11.7 Å². The second-order valence-electron chi connectivity index (χ2n) is 10.6. The zero-order chi connectivity index (χ0) is 29.6. The van der Waals surface area contributed by atoms with Gasteiger partial charge in [0, 0.05) is 42.2 Å². The summed E-state index contributed by atoms with van der Waals surface area (Å²) in [6, 6.07) is 18.8. The molecule has 0 unspecified atom stereocenters. The number of methoxy groups -OCH3 is 1. The van der Waals surface area contributed by atoms with Gasteiger partial charge >= 0.3 is 6.09 Å². The number of hydrogen-bond acceptors (Lipinski definition) is 5. The van der Waals surface area contributed by atoms with Gasteiger partial charge in [0.25, 0.3) is 5.91 Å². The molecule has 0 aromatic heterocycles. The molecule has 3 aromatic rings. The number of amides is 2. The lowest BCUT2D eigenvalue weighted by Crippen LogP contribution is -2.48. The third-order valence-corrected chi connectivity index (χ3v) is 7.80. The highest BCUT2D eigenvalue weighted by Crippen LogP contribution is 2.44. The van der Waals surface area contributed by atoms with Gasteiger partial charge in [0.15, 0.2) is 0 Å². The van der Waals surface area contributed by atoms with Crippen molar-refractivity contribution in [2.24, 2.45) is 11.7 Å². The summed E-state index contributed by atoms with van der Waals surface area (Å²) < 4.78 is 20.2. The molecule has 0 spiro atoms. The molecule has 0 radical (unpaired) electrons. The van der Waals surface area contributed by atoms with Crippen LogP contribution in [0.3, 0.4) is 0 Å². The van der Waals surface area contributed by atoms with E-state index in [1.165, 1.54) is 13.2 Å². The number of rotatable bonds is 9. The van der Waals surface area contributed by atoms with Crippen LogP contribution < -0.4 is 11.1 Å². The second kappa shape index (κ2) is 13.0. The standard InChI is InChI=1S/C32H37FN4O4/c1-21-7-3-8-24(19-21)28-26(10-4-11-27(28)33)32(40,16-6-17-36-31(39)41-2)25-9-5-18-37(20-25)30(38)23-14-12-22(13-15-23)29(34)35/h3-4,7-8,10-15,19,25,40H,5-6,9,16-18,20H2,1-2H3,(H3,34,35)(H,36,39)/t25-,32+/m1/s1. The molecule has 1 aliphatic rings. The Kier molecular flexibility index (Phi) is 9.39. The molecule has 8 nitrogen and oxygen atoms in total. The van der Waals surface area contributed by atoms with Gasteiger partial charge in [-0.25, -0.2) is 9.18 Å². The van der Waals surface area contributed by atoms with E-state index in [0.29, 0.717) is 53.6 Å². The van der Waals surface area contributed by atoms with Crippen molar-refractivity contribution in [2.45, 2.75) is 38.2 Å². The fourth-order valence-electron chi connectivity index (χ4n) is 5.68. The predicted molar refractivity (Wildman–Crippen MR) is 156 cm³/mol. The van der Waals surface area contributed by atoms with Crippen molar-refractivity contribution in [1.82, 2.24) is 10.2 Å². The van der Waals surface area contributed by atoms with Crippen LogP contribution in [0.2, 0.25) is 0 Å². The van der Waals surface area contributed by atoms with Gasteiger partial charge < -0.3 is 25.8 Å². The number of carbonyl (C=O) groups is 2. The molecular formula is C32H37FN4O4. The average Bonchev–Trinajstić information content (AvgIpc) is 2.98. The Labute approximate surface area is 239 Å². The number of hydrogen-bond donors (Lipinski definition) is 4. The second-order valence-corrected chi connectivity index (χ2v) is 10.6. The number of likely N-dealkylation sites (tertiary alicyclic amines) is 1. The molecule has 0 aliphatic carbocycles. The summed E-state index contributed by atoms with van der Waals surface area (Å²) in [5, 5.41) is 22.8. The van der Waals surface area contributed by atoms with Gasteiger partial charge in [0.05, 0.1) is 12.7 Å². The maximum absolute atomic E-state index is 15.5. The number of alkyl carbamates (subject to hydrolysis) is 1. The number of aryl methyl sites for hydroxylation is 1. The van der Waals surface area contributed by atoms with E-state index in [4.69, 9.17) is 11.1 Å². The number of ether oxygens (including phenoxy) is 1. The maximum atomic E-state index is 15.5. The number of aliphatic hydroxyl groups is 1. The van der Waals surface area contributed by atoms with Crippen molar-refractivity contribution >= 4 is 17.8 Å². The van der Waals surface area contributed by atoms with Crippen LogP contribution in [-0.4, -0.2) is 54.6 Å². The van der Waals surface area contributed by atoms with Crippen molar-refractivity contribution < 1.29 is 23.8 Å². The predicted octanol–water partition coefficient (Wildman–Crippen LogP) is 4.96. The lowest BCUT2D eigenvalue weighted by molar-refractivity contribution is -0.0564. The summed E-state index contributed by atoms with van der Waals surface area (Å²) in [4.78, 5) is 26.8. The first-order valence-electron chi connectivity index (χ1n) is 13.8. The number of halogens is 1. The molecule has 1 heterocycles. The Morgan fingerprint density at radius 3 is 2.54 bits per heavy atom. The largest absolute Gasteiger partial charge is 0.453 e. The monoisotopic (exact) mass is 560 g/mol. The smallest absolute Gasteiger partial charge is 0.406 e.